The van der Waals surface area contributed by atoms with Gasteiger partial charge < -0.3 is 20.5 Å². The number of fused-ring (bicyclic) bond motifs is 3. The van der Waals surface area contributed by atoms with E-state index < -0.39 is 17.5 Å². The van der Waals surface area contributed by atoms with Crippen LogP contribution in [0.25, 0.3) is 11.1 Å². The number of carbonyl (C=O) groups is 3. The molecule has 2 unspecified atom stereocenters. The Morgan fingerprint density at radius 2 is 1.60 bits per heavy atom. The van der Waals surface area contributed by atoms with Crippen LogP contribution in [0.1, 0.15) is 62.0 Å². The Bertz CT molecular complexity index is 1080. The van der Waals surface area contributed by atoms with Crippen LogP contribution in [0.3, 0.4) is 0 Å². The lowest BCUT2D eigenvalue weighted by Crippen LogP contribution is -2.49. The molecule has 7 heteroatoms. The molecule has 3 aliphatic carbocycles. The van der Waals surface area contributed by atoms with Gasteiger partial charge in [-0.25, -0.2) is 4.79 Å². The molecule has 0 radical (unpaired) electrons. The minimum Gasteiger partial charge on any atom is -0.481 e. The van der Waals surface area contributed by atoms with Crippen LogP contribution in [-0.4, -0.2) is 42.3 Å². The quantitative estimate of drug-likeness (QED) is 0.547. The third-order valence-electron chi connectivity index (χ3n) is 8.08. The largest absolute Gasteiger partial charge is 0.481 e. The maximum Gasteiger partial charge on any atom is 0.407 e. The standard InChI is InChI=1S/C28H32N2O5/c31-25(29-17-28(26(32)33)13-6-14-28)18-7-5-8-19(15-18)30-27(34)35-16-24-22-11-3-1-9-20(22)21-10-2-4-12-23(21)24/h1-4,9-12,18-19,24H,5-8,13-17H2,(H,29,31)(H,30,34)(H,32,33). The summed E-state index contributed by atoms with van der Waals surface area (Å²) < 4.78 is 5.66. The fraction of sp³-hybridized carbons (Fsp3) is 0.464. The summed E-state index contributed by atoms with van der Waals surface area (Å²) in [5.41, 5.74) is 3.90. The van der Waals surface area contributed by atoms with Gasteiger partial charge in [-0.1, -0.05) is 61.4 Å². The van der Waals surface area contributed by atoms with Crippen LogP contribution >= 0.6 is 0 Å². The van der Waals surface area contributed by atoms with Crippen LogP contribution < -0.4 is 10.6 Å². The highest BCUT2D eigenvalue weighted by Gasteiger charge is 2.45. The van der Waals surface area contributed by atoms with Crippen molar-refractivity contribution in [2.24, 2.45) is 11.3 Å². The van der Waals surface area contributed by atoms with E-state index in [1.165, 1.54) is 22.3 Å². The van der Waals surface area contributed by atoms with Crippen molar-refractivity contribution in [2.75, 3.05) is 13.2 Å². The van der Waals surface area contributed by atoms with E-state index in [1.54, 1.807) is 0 Å². The summed E-state index contributed by atoms with van der Waals surface area (Å²) in [6.45, 7) is 0.440. The van der Waals surface area contributed by atoms with Gasteiger partial charge in [0, 0.05) is 24.4 Å². The van der Waals surface area contributed by atoms with E-state index in [0.717, 1.165) is 25.7 Å². The molecule has 3 aliphatic rings. The Hall–Kier alpha value is -3.35. The van der Waals surface area contributed by atoms with Crippen LogP contribution in [0, 0.1) is 11.3 Å². The molecule has 35 heavy (non-hydrogen) atoms. The number of carboxylic acids is 1. The molecule has 0 heterocycles. The van der Waals surface area contributed by atoms with Crippen LogP contribution in [0.15, 0.2) is 48.5 Å². The molecule has 0 aliphatic heterocycles. The molecular weight excluding hydrogens is 444 g/mol. The van der Waals surface area contributed by atoms with Crippen LogP contribution in [0.5, 0.6) is 0 Å². The van der Waals surface area contributed by atoms with Gasteiger partial charge in [0.25, 0.3) is 0 Å². The lowest BCUT2D eigenvalue weighted by Gasteiger charge is -2.38. The molecule has 2 aromatic rings. The lowest BCUT2D eigenvalue weighted by atomic mass is 9.68. The topological polar surface area (TPSA) is 105 Å². The van der Waals surface area contributed by atoms with Crippen molar-refractivity contribution < 1.29 is 24.2 Å². The van der Waals surface area contributed by atoms with Crippen molar-refractivity contribution in [3.8, 4) is 11.1 Å². The molecule has 0 bridgehead atoms. The zero-order chi connectivity index (χ0) is 24.4. The van der Waals surface area contributed by atoms with Crippen LogP contribution in [0.2, 0.25) is 0 Å². The summed E-state index contributed by atoms with van der Waals surface area (Å²) in [4.78, 5) is 36.9. The number of rotatable bonds is 7. The number of ether oxygens (including phenoxy) is 1. The number of carbonyl (C=O) groups excluding carboxylic acids is 2. The molecule has 2 saturated carbocycles. The first-order chi connectivity index (χ1) is 17.0. The molecule has 2 fully saturated rings. The third kappa shape index (κ3) is 4.64. The van der Waals surface area contributed by atoms with Gasteiger partial charge in [0.05, 0.1) is 5.41 Å². The van der Waals surface area contributed by atoms with Gasteiger partial charge in [-0.2, -0.15) is 0 Å². The van der Waals surface area contributed by atoms with Crippen LogP contribution in [-0.2, 0) is 14.3 Å². The molecule has 3 N–H and O–H groups in total. The van der Waals surface area contributed by atoms with E-state index in [9.17, 15) is 19.5 Å². The van der Waals surface area contributed by atoms with Gasteiger partial charge in [0.1, 0.15) is 6.61 Å². The number of amides is 2. The summed E-state index contributed by atoms with van der Waals surface area (Å²) in [5, 5.41) is 15.3. The Morgan fingerprint density at radius 1 is 0.943 bits per heavy atom. The number of aliphatic carboxylic acids is 1. The van der Waals surface area contributed by atoms with Crippen molar-refractivity contribution in [2.45, 2.75) is 56.9 Å². The van der Waals surface area contributed by atoms with Gasteiger partial charge in [-0.05, 0) is 54.4 Å². The molecule has 0 saturated heterocycles. The predicted octanol–water partition coefficient (Wildman–Crippen LogP) is 4.46. The molecular formula is C28H32N2O5. The fourth-order valence-corrected chi connectivity index (χ4v) is 5.84. The van der Waals surface area contributed by atoms with Crippen molar-refractivity contribution in [3.05, 3.63) is 59.7 Å². The molecule has 2 atom stereocenters. The van der Waals surface area contributed by atoms with E-state index >= 15 is 0 Å². The zero-order valence-corrected chi connectivity index (χ0v) is 19.8. The number of hydrogen-bond donors (Lipinski definition) is 3. The second-order valence-electron chi connectivity index (χ2n) is 10.2. The summed E-state index contributed by atoms with van der Waals surface area (Å²) in [5.74, 6) is -1.17. The maximum atomic E-state index is 12.7. The summed E-state index contributed by atoms with van der Waals surface area (Å²) in [7, 11) is 0. The van der Waals surface area contributed by atoms with Gasteiger partial charge in [-0.3, -0.25) is 9.59 Å². The first-order valence-corrected chi connectivity index (χ1v) is 12.6. The summed E-state index contributed by atoms with van der Waals surface area (Å²) >= 11 is 0. The normalized spacial score (nSPS) is 22.3. The van der Waals surface area contributed by atoms with Crippen molar-refractivity contribution >= 4 is 18.0 Å². The molecule has 0 aromatic heterocycles. The van der Waals surface area contributed by atoms with Gasteiger partial charge >= 0.3 is 12.1 Å². The van der Waals surface area contributed by atoms with Crippen LogP contribution in [0.4, 0.5) is 4.79 Å². The molecule has 184 valence electrons. The minimum atomic E-state index is -0.831. The first kappa shape index (κ1) is 23.4. The number of benzene rings is 2. The number of alkyl carbamates (subject to hydrolysis) is 1. The lowest BCUT2D eigenvalue weighted by molar-refractivity contribution is -0.154. The Morgan fingerprint density at radius 3 is 2.20 bits per heavy atom. The van der Waals surface area contributed by atoms with E-state index in [-0.39, 0.29) is 36.9 Å². The highest BCUT2D eigenvalue weighted by atomic mass is 16.5. The van der Waals surface area contributed by atoms with Crippen molar-refractivity contribution in [1.82, 2.24) is 10.6 Å². The highest BCUT2D eigenvalue weighted by Crippen LogP contribution is 2.44. The second-order valence-corrected chi connectivity index (χ2v) is 10.2. The Balaban J connectivity index is 1.13. The summed E-state index contributed by atoms with van der Waals surface area (Å²) in [6, 6.07) is 16.3. The second kappa shape index (κ2) is 9.72. The van der Waals surface area contributed by atoms with Gasteiger partial charge in [0.15, 0.2) is 0 Å². The predicted molar refractivity (Wildman–Crippen MR) is 131 cm³/mol. The van der Waals surface area contributed by atoms with Crippen molar-refractivity contribution in [1.29, 1.82) is 0 Å². The number of nitrogens with one attached hydrogen (secondary N) is 2. The molecule has 0 spiro atoms. The average Bonchev–Trinajstić information content (AvgIpc) is 3.15. The van der Waals surface area contributed by atoms with E-state index in [0.29, 0.717) is 19.3 Å². The third-order valence-corrected chi connectivity index (χ3v) is 8.08. The molecule has 2 amide bonds. The maximum absolute atomic E-state index is 12.7. The zero-order valence-electron chi connectivity index (χ0n) is 19.8. The Labute approximate surface area is 205 Å². The molecule has 7 nitrogen and oxygen atoms in total. The van der Waals surface area contributed by atoms with Gasteiger partial charge in [-0.15, -0.1) is 0 Å². The number of carboxylic acid groups (broad SMARTS) is 1. The average molecular weight is 477 g/mol. The molecule has 2 aromatic carbocycles. The SMILES string of the molecule is O=C(NC1CCCC(C(=O)NCC2(C(=O)O)CCC2)C1)OCC1c2ccccc2-c2ccccc21. The summed E-state index contributed by atoms with van der Waals surface area (Å²) in [6.07, 6.45) is 4.56. The smallest absolute Gasteiger partial charge is 0.407 e. The minimum absolute atomic E-state index is 0.00564. The highest BCUT2D eigenvalue weighted by molar-refractivity contribution is 5.81. The monoisotopic (exact) mass is 476 g/mol. The Kier molecular flexibility index (Phi) is 6.50. The van der Waals surface area contributed by atoms with Gasteiger partial charge in [0.2, 0.25) is 5.91 Å². The molecule has 5 rings (SSSR count). The van der Waals surface area contributed by atoms with Crippen molar-refractivity contribution in [3.63, 3.8) is 0 Å². The first-order valence-electron chi connectivity index (χ1n) is 12.6. The fourth-order valence-electron chi connectivity index (χ4n) is 5.84. The van der Waals surface area contributed by atoms with E-state index in [2.05, 4.69) is 34.9 Å². The van der Waals surface area contributed by atoms with E-state index in [4.69, 9.17) is 4.74 Å². The number of hydrogen-bond acceptors (Lipinski definition) is 4. The van der Waals surface area contributed by atoms with E-state index in [1.807, 2.05) is 24.3 Å².